The third-order valence-electron chi connectivity index (χ3n) is 5.09. The molecule has 1 aliphatic carbocycles. The standard InChI is InChI=1S/C17H21N3O4S/c21-16-6-3-13-11-14(4-5-15(13)18-16)25(23,24)20-9-7-19(8-10-20)17(22)12-1-2-12/h4-5,11-12H,1-3,6-10H2,(H,18,21). The molecule has 0 atom stereocenters. The lowest BCUT2D eigenvalue weighted by Gasteiger charge is -2.34. The van der Waals surface area contributed by atoms with Crippen LogP contribution in [0.5, 0.6) is 0 Å². The number of hydrogen-bond acceptors (Lipinski definition) is 4. The van der Waals surface area contributed by atoms with Crippen LogP contribution >= 0.6 is 0 Å². The molecule has 25 heavy (non-hydrogen) atoms. The monoisotopic (exact) mass is 363 g/mol. The predicted octanol–water partition coefficient (Wildman–Crippen LogP) is 0.814. The van der Waals surface area contributed by atoms with Crippen molar-refractivity contribution in [1.29, 1.82) is 0 Å². The first-order chi connectivity index (χ1) is 11.9. The highest BCUT2D eigenvalue weighted by Crippen LogP contribution is 2.32. The van der Waals surface area contributed by atoms with E-state index in [-0.39, 0.29) is 22.6 Å². The zero-order chi connectivity index (χ0) is 17.6. The zero-order valence-electron chi connectivity index (χ0n) is 13.9. The molecule has 134 valence electrons. The van der Waals surface area contributed by atoms with Crippen LogP contribution < -0.4 is 5.32 Å². The maximum absolute atomic E-state index is 12.9. The summed E-state index contributed by atoms with van der Waals surface area (Å²) in [6.45, 7) is 1.56. The minimum absolute atomic E-state index is 0.0421. The first-order valence-electron chi connectivity index (χ1n) is 8.67. The number of fused-ring (bicyclic) bond motifs is 1. The van der Waals surface area contributed by atoms with E-state index in [4.69, 9.17) is 0 Å². The second-order valence-electron chi connectivity index (χ2n) is 6.87. The summed E-state index contributed by atoms with van der Waals surface area (Å²) in [7, 11) is -3.58. The van der Waals surface area contributed by atoms with Gasteiger partial charge in [-0.25, -0.2) is 8.42 Å². The van der Waals surface area contributed by atoms with Crippen LogP contribution in [0.15, 0.2) is 23.1 Å². The summed E-state index contributed by atoms with van der Waals surface area (Å²) >= 11 is 0. The molecule has 2 fully saturated rings. The number of piperazine rings is 1. The SMILES string of the molecule is O=C1CCc2cc(S(=O)(=O)N3CCN(C(=O)C4CC4)CC3)ccc2N1. The van der Waals surface area contributed by atoms with Gasteiger partial charge < -0.3 is 10.2 Å². The van der Waals surface area contributed by atoms with E-state index in [1.807, 2.05) is 0 Å². The van der Waals surface area contributed by atoms with Gasteiger partial charge in [-0.15, -0.1) is 0 Å². The smallest absolute Gasteiger partial charge is 0.243 e. The van der Waals surface area contributed by atoms with Crippen LogP contribution in [-0.4, -0.2) is 55.6 Å². The Kier molecular flexibility index (Phi) is 4.04. The molecule has 1 saturated heterocycles. The quantitative estimate of drug-likeness (QED) is 0.861. The van der Waals surface area contributed by atoms with Gasteiger partial charge in [0.15, 0.2) is 0 Å². The molecular formula is C17H21N3O4S. The molecule has 0 radical (unpaired) electrons. The number of anilines is 1. The highest BCUT2D eigenvalue weighted by molar-refractivity contribution is 7.89. The minimum atomic E-state index is -3.58. The lowest BCUT2D eigenvalue weighted by molar-refractivity contribution is -0.133. The summed E-state index contributed by atoms with van der Waals surface area (Å²) < 4.78 is 27.2. The maximum atomic E-state index is 12.9. The fourth-order valence-electron chi connectivity index (χ4n) is 3.41. The van der Waals surface area contributed by atoms with E-state index in [0.29, 0.717) is 44.7 Å². The van der Waals surface area contributed by atoms with Crippen LogP contribution in [0.25, 0.3) is 0 Å². The third-order valence-corrected chi connectivity index (χ3v) is 6.98. The number of hydrogen-bond donors (Lipinski definition) is 1. The van der Waals surface area contributed by atoms with Crippen LogP contribution in [-0.2, 0) is 26.0 Å². The lowest BCUT2D eigenvalue weighted by Crippen LogP contribution is -2.50. The molecule has 1 saturated carbocycles. The predicted molar refractivity (Wildman–Crippen MR) is 91.5 cm³/mol. The van der Waals surface area contributed by atoms with Crippen LogP contribution in [0.3, 0.4) is 0 Å². The summed E-state index contributed by atoms with van der Waals surface area (Å²) in [4.78, 5) is 25.6. The number of amides is 2. The van der Waals surface area contributed by atoms with Crippen molar-refractivity contribution in [3.63, 3.8) is 0 Å². The van der Waals surface area contributed by atoms with Crippen LogP contribution in [0.4, 0.5) is 5.69 Å². The minimum Gasteiger partial charge on any atom is -0.340 e. The summed E-state index contributed by atoms with van der Waals surface area (Å²) in [5.74, 6) is 0.292. The van der Waals surface area contributed by atoms with Gasteiger partial charge in [0.2, 0.25) is 21.8 Å². The third kappa shape index (κ3) is 3.16. The van der Waals surface area contributed by atoms with E-state index in [2.05, 4.69) is 5.32 Å². The molecule has 7 nitrogen and oxygen atoms in total. The van der Waals surface area contributed by atoms with E-state index in [1.165, 1.54) is 4.31 Å². The molecule has 0 bridgehead atoms. The van der Waals surface area contributed by atoms with Gasteiger partial charge in [0.05, 0.1) is 4.90 Å². The molecule has 1 N–H and O–H groups in total. The molecule has 2 aliphatic heterocycles. The molecule has 4 rings (SSSR count). The van der Waals surface area contributed by atoms with Gasteiger partial charge in [-0.2, -0.15) is 4.31 Å². The van der Waals surface area contributed by atoms with Gasteiger partial charge in [-0.3, -0.25) is 9.59 Å². The van der Waals surface area contributed by atoms with Gasteiger partial charge in [0.1, 0.15) is 0 Å². The summed E-state index contributed by atoms with van der Waals surface area (Å²) in [5, 5.41) is 2.76. The van der Waals surface area contributed by atoms with Crippen molar-refractivity contribution >= 4 is 27.5 Å². The molecule has 2 amide bonds. The highest BCUT2D eigenvalue weighted by atomic mass is 32.2. The molecule has 3 aliphatic rings. The molecule has 0 aromatic heterocycles. The number of carbonyl (C=O) groups is 2. The number of rotatable bonds is 3. The Morgan fingerprint density at radius 3 is 2.48 bits per heavy atom. The number of sulfonamides is 1. The lowest BCUT2D eigenvalue weighted by atomic mass is 10.0. The van der Waals surface area contributed by atoms with E-state index >= 15 is 0 Å². The average Bonchev–Trinajstić information content (AvgIpc) is 3.46. The van der Waals surface area contributed by atoms with Crippen molar-refractivity contribution in [2.75, 3.05) is 31.5 Å². The van der Waals surface area contributed by atoms with Crippen LogP contribution in [0.2, 0.25) is 0 Å². The van der Waals surface area contributed by atoms with Gasteiger partial charge in [0.25, 0.3) is 0 Å². The summed E-state index contributed by atoms with van der Waals surface area (Å²) in [6, 6.07) is 4.86. The second-order valence-corrected chi connectivity index (χ2v) is 8.81. The van der Waals surface area contributed by atoms with Gasteiger partial charge >= 0.3 is 0 Å². The zero-order valence-corrected chi connectivity index (χ0v) is 14.7. The number of nitrogens with zero attached hydrogens (tertiary/aromatic N) is 2. The van der Waals surface area contributed by atoms with Crippen molar-refractivity contribution in [2.45, 2.75) is 30.6 Å². The molecule has 1 aromatic rings. The molecule has 0 unspecified atom stereocenters. The second kappa shape index (κ2) is 6.10. The Hall–Kier alpha value is -1.93. The van der Waals surface area contributed by atoms with Crippen molar-refractivity contribution in [1.82, 2.24) is 9.21 Å². The van der Waals surface area contributed by atoms with Gasteiger partial charge in [0, 0.05) is 44.2 Å². The molecule has 8 heteroatoms. The normalized spacial score (nSPS) is 21.6. The molecule has 0 spiro atoms. The Morgan fingerprint density at radius 1 is 1.08 bits per heavy atom. The van der Waals surface area contributed by atoms with E-state index in [0.717, 1.165) is 18.4 Å². The Balaban J connectivity index is 1.48. The Bertz CT molecular complexity index is 824. The molecule has 2 heterocycles. The first kappa shape index (κ1) is 16.5. The van der Waals surface area contributed by atoms with E-state index in [1.54, 1.807) is 23.1 Å². The van der Waals surface area contributed by atoms with Crippen molar-refractivity contribution in [3.05, 3.63) is 23.8 Å². The Labute approximate surface area is 147 Å². The fourth-order valence-corrected chi connectivity index (χ4v) is 4.88. The first-order valence-corrected chi connectivity index (χ1v) is 10.1. The van der Waals surface area contributed by atoms with Crippen molar-refractivity contribution in [3.8, 4) is 0 Å². The van der Waals surface area contributed by atoms with E-state index in [9.17, 15) is 18.0 Å². The van der Waals surface area contributed by atoms with Crippen molar-refractivity contribution < 1.29 is 18.0 Å². The maximum Gasteiger partial charge on any atom is 0.243 e. The van der Waals surface area contributed by atoms with Crippen LogP contribution in [0, 0.1) is 5.92 Å². The average molecular weight is 363 g/mol. The summed E-state index contributed by atoms with van der Waals surface area (Å²) in [5.41, 5.74) is 1.54. The fraction of sp³-hybridized carbons (Fsp3) is 0.529. The number of aryl methyl sites for hydroxylation is 1. The Morgan fingerprint density at radius 2 is 1.80 bits per heavy atom. The number of carbonyl (C=O) groups excluding carboxylic acids is 2. The van der Waals surface area contributed by atoms with Crippen LogP contribution in [0.1, 0.15) is 24.8 Å². The number of nitrogens with one attached hydrogen (secondary N) is 1. The highest BCUT2D eigenvalue weighted by Gasteiger charge is 2.36. The van der Waals surface area contributed by atoms with Gasteiger partial charge in [-0.05, 0) is 43.0 Å². The summed E-state index contributed by atoms with van der Waals surface area (Å²) in [6.07, 6.45) is 2.85. The van der Waals surface area contributed by atoms with Crippen molar-refractivity contribution in [2.24, 2.45) is 5.92 Å². The molecular weight excluding hydrogens is 342 g/mol. The van der Waals surface area contributed by atoms with E-state index < -0.39 is 10.0 Å². The largest absolute Gasteiger partial charge is 0.340 e. The topological polar surface area (TPSA) is 86.8 Å². The number of benzene rings is 1. The molecule has 1 aromatic carbocycles. The van der Waals surface area contributed by atoms with Gasteiger partial charge in [-0.1, -0.05) is 0 Å².